The fraction of sp³-hybridized carbons (Fsp3) is 0.267. The van der Waals surface area contributed by atoms with Gasteiger partial charge in [-0.05, 0) is 37.2 Å². The lowest BCUT2D eigenvalue weighted by Crippen LogP contribution is -2.20. The van der Waals surface area contributed by atoms with Crippen LogP contribution in [0, 0.1) is 5.82 Å². The standard InChI is InChI=1S/C15H17FN2O/c1-17-14(10-11-5-7-12(16)8-6-11)13-4-3-9-18-15(13)19-2/h3-9,14,17H,10H2,1-2H3. The molecule has 1 aromatic carbocycles. The van der Waals surface area contributed by atoms with Crippen LogP contribution in [0.15, 0.2) is 42.6 Å². The topological polar surface area (TPSA) is 34.2 Å². The van der Waals surface area contributed by atoms with Crippen LogP contribution in [0.25, 0.3) is 0 Å². The molecule has 100 valence electrons. The second-order valence-electron chi connectivity index (χ2n) is 4.27. The van der Waals surface area contributed by atoms with Gasteiger partial charge in [-0.3, -0.25) is 0 Å². The van der Waals surface area contributed by atoms with E-state index in [1.807, 2.05) is 19.2 Å². The van der Waals surface area contributed by atoms with Crippen LogP contribution in [0.5, 0.6) is 5.88 Å². The number of methoxy groups -OCH3 is 1. The normalized spacial score (nSPS) is 12.2. The first-order valence-corrected chi connectivity index (χ1v) is 6.15. The molecule has 1 N–H and O–H groups in total. The summed E-state index contributed by atoms with van der Waals surface area (Å²) in [7, 11) is 3.50. The number of pyridine rings is 1. The maximum Gasteiger partial charge on any atom is 0.217 e. The average molecular weight is 260 g/mol. The first-order valence-electron chi connectivity index (χ1n) is 6.15. The molecule has 0 fully saturated rings. The molecule has 1 unspecified atom stereocenters. The second kappa shape index (κ2) is 6.29. The third-order valence-electron chi connectivity index (χ3n) is 3.07. The van der Waals surface area contributed by atoms with Gasteiger partial charge >= 0.3 is 0 Å². The van der Waals surface area contributed by atoms with E-state index in [4.69, 9.17) is 4.74 Å². The number of likely N-dealkylation sites (N-methyl/N-ethyl adjacent to an activating group) is 1. The van der Waals surface area contributed by atoms with E-state index in [2.05, 4.69) is 10.3 Å². The van der Waals surface area contributed by atoms with E-state index < -0.39 is 0 Å². The molecule has 0 bridgehead atoms. The summed E-state index contributed by atoms with van der Waals surface area (Å²) in [6.45, 7) is 0. The second-order valence-corrected chi connectivity index (χ2v) is 4.27. The molecule has 2 aromatic rings. The zero-order valence-corrected chi connectivity index (χ0v) is 11.1. The highest BCUT2D eigenvalue weighted by molar-refractivity contribution is 5.31. The van der Waals surface area contributed by atoms with Crippen molar-refractivity contribution in [2.24, 2.45) is 0 Å². The highest BCUT2D eigenvalue weighted by atomic mass is 19.1. The first kappa shape index (κ1) is 13.5. The molecule has 0 aliphatic rings. The van der Waals surface area contributed by atoms with Crippen molar-refractivity contribution in [1.82, 2.24) is 10.3 Å². The van der Waals surface area contributed by atoms with Gasteiger partial charge in [-0.25, -0.2) is 9.37 Å². The summed E-state index contributed by atoms with van der Waals surface area (Å²) in [4.78, 5) is 4.20. The smallest absolute Gasteiger partial charge is 0.217 e. The van der Waals surface area contributed by atoms with Gasteiger partial charge in [-0.2, -0.15) is 0 Å². The number of ether oxygens (including phenoxy) is 1. The van der Waals surface area contributed by atoms with E-state index in [-0.39, 0.29) is 11.9 Å². The largest absolute Gasteiger partial charge is 0.481 e. The minimum atomic E-state index is -0.219. The summed E-state index contributed by atoms with van der Waals surface area (Å²) in [5.74, 6) is 0.396. The maximum absolute atomic E-state index is 12.9. The average Bonchev–Trinajstić information content (AvgIpc) is 2.46. The number of nitrogens with one attached hydrogen (secondary N) is 1. The van der Waals surface area contributed by atoms with Crippen molar-refractivity contribution in [2.75, 3.05) is 14.2 Å². The van der Waals surface area contributed by atoms with Gasteiger partial charge in [0.1, 0.15) is 5.82 Å². The Morgan fingerprint density at radius 1 is 1.26 bits per heavy atom. The van der Waals surface area contributed by atoms with Crippen LogP contribution in [0.4, 0.5) is 4.39 Å². The van der Waals surface area contributed by atoms with E-state index in [0.29, 0.717) is 5.88 Å². The van der Waals surface area contributed by atoms with Crippen molar-refractivity contribution < 1.29 is 9.13 Å². The number of hydrogen-bond donors (Lipinski definition) is 1. The molecule has 0 aliphatic carbocycles. The van der Waals surface area contributed by atoms with E-state index >= 15 is 0 Å². The van der Waals surface area contributed by atoms with Crippen molar-refractivity contribution in [3.63, 3.8) is 0 Å². The molecule has 19 heavy (non-hydrogen) atoms. The molecule has 0 aliphatic heterocycles. The van der Waals surface area contributed by atoms with Gasteiger partial charge in [0.15, 0.2) is 0 Å². The van der Waals surface area contributed by atoms with Gasteiger partial charge in [0.2, 0.25) is 5.88 Å². The lowest BCUT2D eigenvalue weighted by Gasteiger charge is -2.18. The van der Waals surface area contributed by atoms with Crippen molar-refractivity contribution in [3.05, 3.63) is 59.5 Å². The minimum absolute atomic E-state index is 0.0779. The molecule has 0 radical (unpaired) electrons. The number of nitrogens with zero attached hydrogens (tertiary/aromatic N) is 1. The molecule has 1 aromatic heterocycles. The Labute approximate surface area is 112 Å². The van der Waals surface area contributed by atoms with E-state index in [0.717, 1.165) is 17.5 Å². The van der Waals surface area contributed by atoms with Crippen LogP contribution in [-0.4, -0.2) is 19.1 Å². The quantitative estimate of drug-likeness (QED) is 0.897. The SMILES string of the molecule is CNC(Cc1ccc(F)cc1)c1cccnc1OC. The van der Waals surface area contributed by atoms with Crippen LogP contribution >= 0.6 is 0 Å². The summed E-state index contributed by atoms with van der Waals surface area (Å²) in [5.41, 5.74) is 2.06. The Morgan fingerprint density at radius 2 is 2.00 bits per heavy atom. The van der Waals surface area contributed by atoms with Crippen molar-refractivity contribution in [1.29, 1.82) is 0 Å². The lowest BCUT2D eigenvalue weighted by molar-refractivity contribution is 0.384. The molecule has 1 heterocycles. The minimum Gasteiger partial charge on any atom is -0.481 e. The summed E-state index contributed by atoms with van der Waals surface area (Å²) in [6, 6.07) is 10.5. The summed E-state index contributed by atoms with van der Waals surface area (Å²) in [6.07, 6.45) is 2.45. The summed E-state index contributed by atoms with van der Waals surface area (Å²) in [5, 5.41) is 3.24. The summed E-state index contributed by atoms with van der Waals surface area (Å²) >= 11 is 0. The molecule has 1 atom stereocenters. The molecule has 0 amide bonds. The third-order valence-corrected chi connectivity index (χ3v) is 3.07. The molecule has 0 saturated heterocycles. The Bertz CT molecular complexity index is 528. The molecule has 2 rings (SSSR count). The Morgan fingerprint density at radius 3 is 2.63 bits per heavy atom. The highest BCUT2D eigenvalue weighted by Gasteiger charge is 2.15. The highest BCUT2D eigenvalue weighted by Crippen LogP contribution is 2.25. The lowest BCUT2D eigenvalue weighted by atomic mass is 10.00. The number of rotatable bonds is 5. The molecule has 4 heteroatoms. The number of hydrogen-bond acceptors (Lipinski definition) is 3. The van der Waals surface area contributed by atoms with Crippen molar-refractivity contribution in [2.45, 2.75) is 12.5 Å². The Kier molecular flexibility index (Phi) is 4.47. The third kappa shape index (κ3) is 3.29. The van der Waals surface area contributed by atoms with Crippen LogP contribution in [0.3, 0.4) is 0 Å². The summed E-state index contributed by atoms with van der Waals surface area (Å²) < 4.78 is 18.2. The van der Waals surface area contributed by atoms with Crippen LogP contribution in [-0.2, 0) is 6.42 Å². The van der Waals surface area contributed by atoms with Gasteiger partial charge in [0, 0.05) is 17.8 Å². The van der Waals surface area contributed by atoms with Gasteiger partial charge in [0.25, 0.3) is 0 Å². The Balaban J connectivity index is 2.22. The maximum atomic E-state index is 12.9. The molecule has 3 nitrogen and oxygen atoms in total. The first-order chi connectivity index (χ1) is 9.24. The van der Waals surface area contributed by atoms with Crippen LogP contribution < -0.4 is 10.1 Å². The van der Waals surface area contributed by atoms with Gasteiger partial charge in [0.05, 0.1) is 7.11 Å². The fourth-order valence-corrected chi connectivity index (χ4v) is 2.06. The van der Waals surface area contributed by atoms with E-state index in [1.54, 1.807) is 25.4 Å². The fourth-order valence-electron chi connectivity index (χ4n) is 2.06. The van der Waals surface area contributed by atoms with Gasteiger partial charge in [-0.1, -0.05) is 18.2 Å². The monoisotopic (exact) mass is 260 g/mol. The predicted molar refractivity (Wildman–Crippen MR) is 72.7 cm³/mol. The molecule has 0 saturated carbocycles. The number of aromatic nitrogens is 1. The van der Waals surface area contributed by atoms with Crippen molar-refractivity contribution >= 4 is 0 Å². The molecule has 0 spiro atoms. The zero-order chi connectivity index (χ0) is 13.7. The predicted octanol–water partition coefficient (Wildman–Crippen LogP) is 2.73. The number of benzene rings is 1. The van der Waals surface area contributed by atoms with Crippen LogP contribution in [0.2, 0.25) is 0 Å². The van der Waals surface area contributed by atoms with E-state index in [9.17, 15) is 4.39 Å². The van der Waals surface area contributed by atoms with Crippen LogP contribution in [0.1, 0.15) is 17.2 Å². The number of halogens is 1. The zero-order valence-electron chi connectivity index (χ0n) is 11.1. The molecular weight excluding hydrogens is 243 g/mol. The Hall–Kier alpha value is -1.94. The van der Waals surface area contributed by atoms with Crippen molar-refractivity contribution in [3.8, 4) is 5.88 Å². The van der Waals surface area contributed by atoms with Gasteiger partial charge < -0.3 is 10.1 Å². The molecular formula is C15H17FN2O. The van der Waals surface area contributed by atoms with E-state index in [1.165, 1.54) is 12.1 Å². The van der Waals surface area contributed by atoms with Gasteiger partial charge in [-0.15, -0.1) is 0 Å².